The third kappa shape index (κ3) is 4.24. The fourth-order valence-corrected chi connectivity index (χ4v) is 2.72. The van der Waals surface area contributed by atoms with Gasteiger partial charge in [0.25, 0.3) is 5.91 Å². The predicted molar refractivity (Wildman–Crippen MR) is 90.0 cm³/mol. The maximum absolute atomic E-state index is 11.9. The lowest BCUT2D eigenvalue weighted by Crippen LogP contribution is -2.22. The Morgan fingerprint density at radius 3 is 2.76 bits per heavy atom. The van der Waals surface area contributed by atoms with Crippen LogP contribution in [0.4, 0.5) is 10.7 Å². The van der Waals surface area contributed by atoms with Crippen LogP contribution in [0.15, 0.2) is 43.0 Å². The number of anilines is 2. The Labute approximate surface area is 132 Å². The predicted octanol–water partition coefficient (Wildman–Crippen LogP) is 3.51. The molecule has 0 bridgehead atoms. The second kappa shape index (κ2) is 7.15. The van der Waals surface area contributed by atoms with Gasteiger partial charge in [0.2, 0.25) is 0 Å². The lowest BCUT2D eigenvalue weighted by atomic mass is 10.2. The summed E-state index contributed by atoms with van der Waals surface area (Å²) in [5.41, 5.74) is 7.44. The molecule has 4 N–H and O–H groups in total. The van der Waals surface area contributed by atoms with Gasteiger partial charge in [-0.15, -0.1) is 17.9 Å². The molecule has 0 aliphatic carbocycles. The highest BCUT2D eigenvalue weighted by atomic mass is 35.5. The molecule has 0 aliphatic rings. The number of amides is 1. The summed E-state index contributed by atoms with van der Waals surface area (Å²) in [4.78, 5) is 12.4. The number of thiophene rings is 1. The highest BCUT2D eigenvalue weighted by Crippen LogP contribution is 2.29. The topological polar surface area (TPSA) is 67.2 Å². The van der Waals surface area contributed by atoms with E-state index in [-0.39, 0.29) is 5.91 Å². The summed E-state index contributed by atoms with van der Waals surface area (Å²) in [6, 6.07) is 9.35. The van der Waals surface area contributed by atoms with Gasteiger partial charge in [0.05, 0.1) is 10.7 Å². The molecule has 0 fully saturated rings. The van der Waals surface area contributed by atoms with E-state index in [2.05, 4.69) is 17.2 Å². The number of benzene rings is 1. The first-order valence-electron chi connectivity index (χ1n) is 6.37. The van der Waals surface area contributed by atoms with Crippen molar-refractivity contribution in [1.82, 2.24) is 5.32 Å². The van der Waals surface area contributed by atoms with E-state index < -0.39 is 0 Å². The number of nitrogens with two attached hydrogens (primary N) is 1. The molecule has 2 rings (SSSR count). The number of nitrogens with one attached hydrogen (secondary N) is 2. The van der Waals surface area contributed by atoms with Crippen LogP contribution in [-0.2, 0) is 6.54 Å². The number of halogens is 1. The van der Waals surface area contributed by atoms with Crippen LogP contribution in [0.1, 0.15) is 15.2 Å². The minimum Gasteiger partial charge on any atom is -0.397 e. The number of hydrogen-bond donors (Lipinski definition) is 3. The number of carbonyl (C=O) groups excluding carboxylic acids is 1. The van der Waals surface area contributed by atoms with Gasteiger partial charge in [-0.2, -0.15) is 0 Å². The molecule has 2 aromatic rings. The molecule has 1 amide bonds. The van der Waals surface area contributed by atoms with Crippen molar-refractivity contribution in [2.24, 2.45) is 0 Å². The minimum absolute atomic E-state index is 0.183. The molecular formula is C15H16ClN3OS. The van der Waals surface area contributed by atoms with E-state index in [1.165, 1.54) is 11.3 Å². The highest BCUT2D eigenvalue weighted by molar-refractivity contribution is 7.18. The number of hydrogen-bond acceptors (Lipinski definition) is 4. The molecule has 0 spiro atoms. The normalized spacial score (nSPS) is 10.1. The smallest absolute Gasteiger partial charge is 0.263 e. The summed E-state index contributed by atoms with van der Waals surface area (Å²) in [5, 5.41) is 7.52. The van der Waals surface area contributed by atoms with Gasteiger partial charge in [0, 0.05) is 18.1 Å². The van der Waals surface area contributed by atoms with Gasteiger partial charge < -0.3 is 16.4 Å². The van der Waals surface area contributed by atoms with Gasteiger partial charge in [0.15, 0.2) is 0 Å². The van der Waals surface area contributed by atoms with E-state index in [4.69, 9.17) is 17.3 Å². The molecule has 0 radical (unpaired) electrons. The first-order chi connectivity index (χ1) is 10.1. The molecule has 6 heteroatoms. The van der Waals surface area contributed by atoms with Crippen molar-refractivity contribution in [3.63, 3.8) is 0 Å². The lowest BCUT2D eigenvalue weighted by molar-refractivity contribution is 0.0963. The van der Waals surface area contributed by atoms with Crippen LogP contribution in [0.3, 0.4) is 0 Å². The SMILES string of the molecule is C=CCNC(=O)c1sc(NCc2ccc(Cl)cc2)cc1N. The lowest BCUT2D eigenvalue weighted by Gasteiger charge is -2.03. The van der Waals surface area contributed by atoms with E-state index in [1.54, 1.807) is 12.1 Å². The first-order valence-corrected chi connectivity index (χ1v) is 7.56. The maximum atomic E-state index is 11.9. The van der Waals surface area contributed by atoms with Gasteiger partial charge in [-0.3, -0.25) is 4.79 Å². The van der Waals surface area contributed by atoms with E-state index in [1.807, 2.05) is 24.3 Å². The molecule has 0 aliphatic heterocycles. The van der Waals surface area contributed by atoms with E-state index in [9.17, 15) is 4.79 Å². The summed E-state index contributed by atoms with van der Waals surface area (Å²) in [6.07, 6.45) is 1.63. The second-order valence-corrected chi connectivity index (χ2v) is 5.86. The summed E-state index contributed by atoms with van der Waals surface area (Å²) < 4.78 is 0. The fourth-order valence-electron chi connectivity index (χ4n) is 1.71. The van der Waals surface area contributed by atoms with E-state index in [0.29, 0.717) is 28.7 Å². The third-order valence-corrected chi connectivity index (χ3v) is 4.11. The third-order valence-electron chi connectivity index (χ3n) is 2.75. The molecule has 4 nitrogen and oxygen atoms in total. The summed E-state index contributed by atoms with van der Waals surface area (Å²) in [7, 11) is 0. The van der Waals surface area contributed by atoms with Crippen molar-refractivity contribution in [3.05, 3.63) is 58.5 Å². The Balaban J connectivity index is 1.99. The van der Waals surface area contributed by atoms with Crippen molar-refractivity contribution < 1.29 is 4.79 Å². The molecule has 1 aromatic heterocycles. The Hall–Kier alpha value is -1.98. The van der Waals surface area contributed by atoms with Gasteiger partial charge in [-0.05, 0) is 23.8 Å². The molecule has 0 saturated carbocycles. The van der Waals surface area contributed by atoms with Gasteiger partial charge >= 0.3 is 0 Å². The van der Waals surface area contributed by atoms with Crippen LogP contribution in [0.25, 0.3) is 0 Å². The quantitative estimate of drug-likeness (QED) is 0.713. The Morgan fingerprint density at radius 2 is 2.10 bits per heavy atom. The van der Waals surface area contributed by atoms with Gasteiger partial charge in [0.1, 0.15) is 4.88 Å². The van der Waals surface area contributed by atoms with Crippen molar-refractivity contribution in [3.8, 4) is 0 Å². The number of nitrogen functional groups attached to an aromatic ring is 1. The molecule has 1 heterocycles. The van der Waals surface area contributed by atoms with Crippen LogP contribution in [-0.4, -0.2) is 12.5 Å². The molecule has 0 atom stereocenters. The summed E-state index contributed by atoms with van der Waals surface area (Å²) in [6.45, 7) is 4.62. The van der Waals surface area contributed by atoms with Crippen molar-refractivity contribution >= 4 is 39.5 Å². The highest BCUT2D eigenvalue weighted by Gasteiger charge is 2.13. The van der Waals surface area contributed by atoms with Crippen LogP contribution >= 0.6 is 22.9 Å². The Morgan fingerprint density at radius 1 is 1.38 bits per heavy atom. The Bertz CT molecular complexity index is 637. The summed E-state index contributed by atoms with van der Waals surface area (Å²) >= 11 is 7.18. The van der Waals surface area contributed by atoms with Gasteiger partial charge in [-0.25, -0.2) is 0 Å². The Kier molecular flexibility index (Phi) is 5.25. The average molecular weight is 322 g/mol. The zero-order valence-electron chi connectivity index (χ0n) is 11.4. The second-order valence-electron chi connectivity index (χ2n) is 4.37. The van der Waals surface area contributed by atoms with Crippen LogP contribution in [0.5, 0.6) is 0 Å². The van der Waals surface area contributed by atoms with Crippen LogP contribution in [0.2, 0.25) is 5.02 Å². The minimum atomic E-state index is -0.183. The first kappa shape index (κ1) is 15.4. The molecule has 0 saturated heterocycles. The molecule has 21 heavy (non-hydrogen) atoms. The van der Waals surface area contributed by atoms with Gasteiger partial charge in [-0.1, -0.05) is 29.8 Å². The van der Waals surface area contributed by atoms with Crippen LogP contribution in [0, 0.1) is 0 Å². The molecule has 0 unspecified atom stereocenters. The molecular weight excluding hydrogens is 306 g/mol. The zero-order valence-corrected chi connectivity index (χ0v) is 12.9. The zero-order chi connectivity index (χ0) is 15.2. The maximum Gasteiger partial charge on any atom is 0.263 e. The van der Waals surface area contributed by atoms with Crippen molar-refractivity contribution in [2.75, 3.05) is 17.6 Å². The molecule has 1 aromatic carbocycles. The van der Waals surface area contributed by atoms with E-state index >= 15 is 0 Å². The fraction of sp³-hybridized carbons (Fsp3) is 0.133. The largest absolute Gasteiger partial charge is 0.397 e. The van der Waals surface area contributed by atoms with Crippen LogP contribution < -0.4 is 16.4 Å². The average Bonchev–Trinajstić information content (AvgIpc) is 2.85. The van der Waals surface area contributed by atoms with Crippen molar-refractivity contribution in [2.45, 2.75) is 6.54 Å². The summed E-state index contributed by atoms with van der Waals surface area (Å²) in [5.74, 6) is -0.183. The number of rotatable bonds is 6. The number of carbonyl (C=O) groups is 1. The van der Waals surface area contributed by atoms with E-state index in [0.717, 1.165) is 10.6 Å². The monoisotopic (exact) mass is 321 g/mol. The molecule has 110 valence electrons. The van der Waals surface area contributed by atoms with Crippen molar-refractivity contribution in [1.29, 1.82) is 0 Å². The standard InChI is InChI=1S/C15H16ClN3OS/c1-2-7-18-15(20)14-12(17)8-13(21-14)19-9-10-3-5-11(16)6-4-10/h2-6,8,19H,1,7,9,17H2,(H,18,20).